The third-order valence-electron chi connectivity index (χ3n) is 1.83. The van der Waals surface area contributed by atoms with Crippen molar-refractivity contribution in [3.8, 4) is 0 Å². The summed E-state index contributed by atoms with van der Waals surface area (Å²) in [6.07, 6.45) is 5.15. The molecule has 5 nitrogen and oxygen atoms in total. The van der Waals surface area contributed by atoms with Crippen LogP contribution in [0.2, 0.25) is 0 Å². The molecule has 1 aromatic heterocycles. The lowest BCUT2D eigenvalue weighted by Gasteiger charge is -2.02. The van der Waals surface area contributed by atoms with Crippen LogP contribution in [0.3, 0.4) is 0 Å². The zero-order valence-corrected chi connectivity index (χ0v) is 8.80. The Morgan fingerprint density at radius 3 is 2.56 bits per heavy atom. The predicted octanol–water partition coefficient (Wildman–Crippen LogP) is 0.729. The first-order valence-corrected chi connectivity index (χ1v) is 4.69. The van der Waals surface area contributed by atoms with Gasteiger partial charge in [0, 0.05) is 19.3 Å². The zero-order valence-electron chi connectivity index (χ0n) is 8.80. The van der Waals surface area contributed by atoms with E-state index in [1.165, 1.54) is 13.0 Å². The van der Waals surface area contributed by atoms with Crippen molar-refractivity contribution in [3.05, 3.63) is 41.9 Å². The Hall–Kier alpha value is -2.17. The second-order valence-corrected chi connectivity index (χ2v) is 3.16. The van der Waals surface area contributed by atoms with Gasteiger partial charge in [0.15, 0.2) is 0 Å². The lowest BCUT2D eigenvalue weighted by Crippen LogP contribution is -2.24. The van der Waals surface area contributed by atoms with E-state index in [2.05, 4.69) is 10.3 Å². The fraction of sp³-hybridized carbons (Fsp3) is 0.182. The van der Waals surface area contributed by atoms with E-state index in [1.807, 2.05) is 0 Å². The van der Waals surface area contributed by atoms with Gasteiger partial charge in [0.1, 0.15) is 5.70 Å². The van der Waals surface area contributed by atoms with Crippen LogP contribution in [-0.4, -0.2) is 22.0 Å². The SMILES string of the molecule is CC(=O)N/C(=C/Cc1ccncc1)C(=O)O. The molecule has 0 atom stereocenters. The molecule has 0 saturated carbocycles. The monoisotopic (exact) mass is 220 g/mol. The maximum atomic E-state index is 10.8. The molecule has 0 aliphatic rings. The first kappa shape index (κ1) is 11.9. The van der Waals surface area contributed by atoms with Crippen LogP contribution >= 0.6 is 0 Å². The van der Waals surface area contributed by atoms with E-state index in [9.17, 15) is 9.59 Å². The summed E-state index contributed by atoms with van der Waals surface area (Å²) >= 11 is 0. The summed E-state index contributed by atoms with van der Waals surface area (Å²) in [6, 6.07) is 3.56. The Morgan fingerprint density at radius 1 is 1.44 bits per heavy atom. The van der Waals surface area contributed by atoms with Crippen molar-refractivity contribution in [1.29, 1.82) is 0 Å². The molecule has 0 aliphatic heterocycles. The fourth-order valence-electron chi connectivity index (χ4n) is 1.12. The van der Waals surface area contributed by atoms with Crippen molar-refractivity contribution in [1.82, 2.24) is 10.3 Å². The van der Waals surface area contributed by atoms with Crippen LogP contribution in [-0.2, 0) is 16.0 Å². The van der Waals surface area contributed by atoms with Crippen LogP contribution in [0, 0.1) is 0 Å². The van der Waals surface area contributed by atoms with Gasteiger partial charge in [-0.05, 0) is 30.2 Å². The fourth-order valence-corrected chi connectivity index (χ4v) is 1.12. The molecule has 0 spiro atoms. The van der Waals surface area contributed by atoms with Gasteiger partial charge < -0.3 is 10.4 Å². The molecule has 0 unspecified atom stereocenters. The van der Waals surface area contributed by atoms with Gasteiger partial charge in [0.2, 0.25) is 5.91 Å². The lowest BCUT2D eigenvalue weighted by atomic mass is 10.2. The summed E-state index contributed by atoms with van der Waals surface area (Å²) in [7, 11) is 0. The van der Waals surface area contributed by atoms with Crippen LogP contribution in [0.4, 0.5) is 0 Å². The minimum Gasteiger partial charge on any atom is -0.477 e. The largest absolute Gasteiger partial charge is 0.477 e. The maximum absolute atomic E-state index is 10.8. The molecule has 16 heavy (non-hydrogen) atoms. The number of aliphatic carboxylic acids is 1. The van der Waals surface area contributed by atoms with Crippen LogP contribution in [0.25, 0.3) is 0 Å². The molecule has 0 aliphatic carbocycles. The highest BCUT2D eigenvalue weighted by Crippen LogP contribution is 2.01. The lowest BCUT2D eigenvalue weighted by molar-refractivity contribution is -0.134. The molecule has 0 aromatic carbocycles. The van der Waals surface area contributed by atoms with Crippen LogP contribution in [0.5, 0.6) is 0 Å². The molecule has 1 aromatic rings. The molecule has 84 valence electrons. The highest BCUT2D eigenvalue weighted by Gasteiger charge is 2.07. The highest BCUT2D eigenvalue weighted by molar-refractivity contribution is 5.91. The second-order valence-electron chi connectivity index (χ2n) is 3.16. The Labute approximate surface area is 92.8 Å². The number of nitrogens with one attached hydrogen (secondary N) is 1. The van der Waals surface area contributed by atoms with E-state index in [4.69, 9.17) is 5.11 Å². The number of allylic oxidation sites excluding steroid dienone is 1. The van der Waals surface area contributed by atoms with E-state index in [0.29, 0.717) is 6.42 Å². The normalized spacial score (nSPS) is 10.9. The number of carbonyl (C=O) groups excluding carboxylic acids is 1. The quantitative estimate of drug-likeness (QED) is 0.733. The van der Waals surface area contributed by atoms with Crippen molar-refractivity contribution >= 4 is 11.9 Å². The minimum atomic E-state index is -1.15. The van der Waals surface area contributed by atoms with E-state index in [-0.39, 0.29) is 5.70 Å². The number of hydrogen-bond donors (Lipinski definition) is 2. The molecule has 0 fully saturated rings. The molecule has 0 saturated heterocycles. The van der Waals surface area contributed by atoms with Crippen molar-refractivity contribution in [2.75, 3.05) is 0 Å². The van der Waals surface area contributed by atoms with E-state index in [0.717, 1.165) is 5.56 Å². The first-order chi connectivity index (χ1) is 7.59. The van der Waals surface area contributed by atoms with Crippen LogP contribution in [0.1, 0.15) is 12.5 Å². The summed E-state index contributed by atoms with van der Waals surface area (Å²) in [4.78, 5) is 25.4. The van der Waals surface area contributed by atoms with Gasteiger partial charge in [0.05, 0.1) is 0 Å². The van der Waals surface area contributed by atoms with Gasteiger partial charge in [0.25, 0.3) is 0 Å². The standard InChI is InChI=1S/C11H12N2O3/c1-8(14)13-10(11(15)16)3-2-9-4-6-12-7-5-9/h3-7H,2H2,1H3,(H,13,14)(H,15,16)/b10-3+. The predicted molar refractivity (Wildman–Crippen MR) is 57.5 cm³/mol. The molecule has 1 heterocycles. The molecule has 1 rings (SSSR count). The smallest absolute Gasteiger partial charge is 0.352 e. The summed E-state index contributed by atoms with van der Waals surface area (Å²) in [5.41, 5.74) is 0.823. The number of aromatic nitrogens is 1. The topological polar surface area (TPSA) is 79.3 Å². The maximum Gasteiger partial charge on any atom is 0.352 e. The molecule has 2 N–H and O–H groups in total. The minimum absolute atomic E-state index is 0.107. The third-order valence-corrected chi connectivity index (χ3v) is 1.83. The Morgan fingerprint density at radius 2 is 2.06 bits per heavy atom. The number of carboxylic acid groups (broad SMARTS) is 1. The Kier molecular flexibility index (Phi) is 4.20. The highest BCUT2D eigenvalue weighted by atomic mass is 16.4. The summed E-state index contributed by atoms with van der Waals surface area (Å²) in [5, 5.41) is 11.1. The van der Waals surface area contributed by atoms with E-state index >= 15 is 0 Å². The van der Waals surface area contributed by atoms with Crippen molar-refractivity contribution in [2.24, 2.45) is 0 Å². The van der Waals surface area contributed by atoms with E-state index in [1.54, 1.807) is 24.5 Å². The van der Waals surface area contributed by atoms with Crippen LogP contribution in [0.15, 0.2) is 36.3 Å². The number of nitrogens with zero attached hydrogens (tertiary/aromatic N) is 1. The average molecular weight is 220 g/mol. The molecule has 1 amide bonds. The third kappa shape index (κ3) is 3.91. The number of amides is 1. The number of hydrogen-bond acceptors (Lipinski definition) is 3. The molecule has 0 radical (unpaired) electrons. The number of carboxylic acids is 1. The second kappa shape index (κ2) is 5.65. The number of rotatable bonds is 4. The summed E-state index contributed by atoms with van der Waals surface area (Å²) in [5.74, 6) is -1.55. The Balaban J connectivity index is 2.72. The summed E-state index contributed by atoms with van der Waals surface area (Å²) in [6.45, 7) is 1.27. The zero-order chi connectivity index (χ0) is 12.0. The van der Waals surface area contributed by atoms with Crippen molar-refractivity contribution in [3.63, 3.8) is 0 Å². The summed E-state index contributed by atoms with van der Waals surface area (Å²) < 4.78 is 0. The van der Waals surface area contributed by atoms with E-state index < -0.39 is 11.9 Å². The van der Waals surface area contributed by atoms with Gasteiger partial charge in [-0.3, -0.25) is 9.78 Å². The molecular formula is C11H12N2O3. The number of carbonyl (C=O) groups is 2. The van der Waals surface area contributed by atoms with Crippen LogP contribution < -0.4 is 5.32 Å². The van der Waals surface area contributed by atoms with Gasteiger partial charge in [-0.25, -0.2) is 4.79 Å². The van der Waals surface area contributed by atoms with Crippen molar-refractivity contribution in [2.45, 2.75) is 13.3 Å². The molecular weight excluding hydrogens is 208 g/mol. The molecule has 5 heteroatoms. The first-order valence-electron chi connectivity index (χ1n) is 4.69. The molecule has 0 bridgehead atoms. The number of pyridine rings is 1. The van der Waals surface area contributed by atoms with Gasteiger partial charge in [-0.2, -0.15) is 0 Å². The van der Waals surface area contributed by atoms with Gasteiger partial charge in [-0.15, -0.1) is 0 Å². The van der Waals surface area contributed by atoms with Crippen molar-refractivity contribution < 1.29 is 14.7 Å². The van der Waals surface area contributed by atoms with Gasteiger partial charge in [-0.1, -0.05) is 0 Å². The average Bonchev–Trinajstić information content (AvgIpc) is 2.25. The van der Waals surface area contributed by atoms with Gasteiger partial charge >= 0.3 is 5.97 Å². The Bertz CT molecular complexity index is 412.